The van der Waals surface area contributed by atoms with Crippen LogP contribution in [0.2, 0.25) is 0 Å². The first kappa shape index (κ1) is 27.0. The smallest absolute Gasteiger partial charge is 0.338 e. The molecule has 2 atom stereocenters. The number of rotatable bonds is 7. The van der Waals surface area contributed by atoms with Gasteiger partial charge < -0.3 is 19.3 Å². The zero-order chi connectivity index (χ0) is 26.7. The van der Waals surface area contributed by atoms with E-state index in [4.69, 9.17) is 14.5 Å². The van der Waals surface area contributed by atoms with Crippen LogP contribution in [-0.2, 0) is 23.9 Å². The molecule has 198 valence electrons. The molecule has 1 aromatic rings. The number of benzene rings is 1. The second-order valence-corrected chi connectivity index (χ2v) is 10.4. The number of piperidine rings is 1. The van der Waals surface area contributed by atoms with E-state index in [1.165, 1.54) is 11.8 Å². The van der Waals surface area contributed by atoms with Crippen molar-refractivity contribution in [2.45, 2.75) is 59.9 Å². The molecular weight excluding hydrogens is 490 g/mol. The molecule has 37 heavy (non-hydrogen) atoms. The van der Waals surface area contributed by atoms with Crippen molar-refractivity contribution in [3.8, 4) is 0 Å². The second-order valence-electron chi connectivity index (χ2n) is 9.58. The SMILES string of the molecule is CCOC(=O)C1=C(C)N=C2SC=C(CC(=O)N3CCC[C@@H](C(=O)OCC)C3)N2[C@H]1c1cc(C)ccc1C. The average Bonchev–Trinajstić information content (AvgIpc) is 3.26. The minimum Gasteiger partial charge on any atom is -0.466 e. The molecular formula is C28H35N3O5S. The number of esters is 2. The van der Waals surface area contributed by atoms with Crippen LogP contribution >= 0.6 is 11.8 Å². The molecule has 1 amide bonds. The van der Waals surface area contributed by atoms with Gasteiger partial charge in [-0.1, -0.05) is 35.5 Å². The van der Waals surface area contributed by atoms with Gasteiger partial charge in [-0.05, 0) is 64.0 Å². The third kappa shape index (κ3) is 5.61. The summed E-state index contributed by atoms with van der Waals surface area (Å²) in [5.74, 6) is -0.980. The summed E-state index contributed by atoms with van der Waals surface area (Å²) in [5.41, 5.74) is 5.00. The number of hydrogen-bond donors (Lipinski definition) is 0. The predicted molar refractivity (Wildman–Crippen MR) is 143 cm³/mol. The highest BCUT2D eigenvalue weighted by Crippen LogP contribution is 2.46. The Hall–Kier alpha value is -3.07. The molecule has 1 saturated heterocycles. The van der Waals surface area contributed by atoms with E-state index in [-0.39, 0.29) is 30.8 Å². The Morgan fingerprint density at radius 3 is 2.59 bits per heavy atom. The summed E-state index contributed by atoms with van der Waals surface area (Å²) >= 11 is 1.46. The molecule has 1 aromatic carbocycles. The summed E-state index contributed by atoms with van der Waals surface area (Å²) in [6.45, 7) is 11.0. The summed E-state index contributed by atoms with van der Waals surface area (Å²) in [6.07, 6.45) is 1.64. The predicted octanol–water partition coefficient (Wildman–Crippen LogP) is 4.63. The Morgan fingerprint density at radius 2 is 1.86 bits per heavy atom. The summed E-state index contributed by atoms with van der Waals surface area (Å²) in [4.78, 5) is 47.4. The molecule has 3 aliphatic heterocycles. The number of aliphatic imine (C=N–C) groups is 1. The van der Waals surface area contributed by atoms with Crippen molar-refractivity contribution >= 4 is 34.8 Å². The van der Waals surface area contributed by atoms with Crippen molar-refractivity contribution in [3.05, 3.63) is 57.3 Å². The third-order valence-electron chi connectivity index (χ3n) is 6.95. The quantitative estimate of drug-likeness (QED) is 0.480. The minimum absolute atomic E-state index is 0.0502. The molecule has 1 fully saturated rings. The van der Waals surface area contributed by atoms with Gasteiger partial charge in [0.1, 0.15) is 0 Å². The molecule has 0 spiro atoms. The van der Waals surface area contributed by atoms with Crippen molar-refractivity contribution in [1.82, 2.24) is 9.80 Å². The number of amides is 1. The van der Waals surface area contributed by atoms with Crippen molar-refractivity contribution in [1.29, 1.82) is 0 Å². The van der Waals surface area contributed by atoms with Crippen LogP contribution < -0.4 is 0 Å². The Balaban J connectivity index is 1.64. The van der Waals surface area contributed by atoms with Crippen LogP contribution in [-0.4, -0.2) is 59.1 Å². The number of hydrogen-bond acceptors (Lipinski definition) is 8. The molecule has 0 saturated carbocycles. The number of likely N-dealkylation sites (tertiary alicyclic amines) is 1. The number of carbonyl (C=O) groups is 3. The maximum atomic E-state index is 13.5. The van der Waals surface area contributed by atoms with Crippen LogP contribution in [0, 0.1) is 19.8 Å². The number of amidine groups is 1. The van der Waals surface area contributed by atoms with Gasteiger partial charge in [-0.3, -0.25) is 9.59 Å². The largest absolute Gasteiger partial charge is 0.466 e. The Labute approximate surface area is 222 Å². The van der Waals surface area contributed by atoms with Gasteiger partial charge in [-0.15, -0.1) is 0 Å². The van der Waals surface area contributed by atoms with Gasteiger partial charge in [0, 0.05) is 18.8 Å². The van der Waals surface area contributed by atoms with Crippen LogP contribution in [0.3, 0.4) is 0 Å². The van der Waals surface area contributed by atoms with Gasteiger partial charge in [0.2, 0.25) is 5.91 Å². The second kappa shape index (κ2) is 11.5. The lowest BCUT2D eigenvalue weighted by atomic mass is 9.90. The van der Waals surface area contributed by atoms with Crippen LogP contribution in [0.15, 0.2) is 45.6 Å². The highest BCUT2D eigenvalue weighted by atomic mass is 32.2. The van der Waals surface area contributed by atoms with E-state index >= 15 is 0 Å². The van der Waals surface area contributed by atoms with Crippen LogP contribution in [0.1, 0.15) is 62.8 Å². The normalized spacial score (nSPS) is 21.3. The lowest BCUT2D eigenvalue weighted by Crippen LogP contribution is -2.44. The van der Waals surface area contributed by atoms with Gasteiger partial charge in [0.15, 0.2) is 5.17 Å². The fourth-order valence-corrected chi connectivity index (χ4v) is 6.08. The number of thioether (sulfide) groups is 1. The molecule has 0 radical (unpaired) electrons. The Bertz CT molecular complexity index is 1190. The van der Waals surface area contributed by atoms with Crippen molar-refractivity contribution in [2.24, 2.45) is 10.9 Å². The first-order valence-corrected chi connectivity index (χ1v) is 13.8. The summed E-state index contributed by atoms with van der Waals surface area (Å²) in [7, 11) is 0. The van der Waals surface area contributed by atoms with Crippen LogP contribution in [0.5, 0.6) is 0 Å². The number of nitrogens with zero attached hydrogens (tertiary/aromatic N) is 3. The number of ether oxygens (including phenoxy) is 2. The summed E-state index contributed by atoms with van der Waals surface area (Å²) < 4.78 is 10.6. The zero-order valence-electron chi connectivity index (χ0n) is 22.2. The maximum Gasteiger partial charge on any atom is 0.338 e. The van der Waals surface area contributed by atoms with E-state index < -0.39 is 12.0 Å². The van der Waals surface area contributed by atoms with Gasteiger partial charge in [-0.25, -0.2) is 9.79 Å². The van der Waals surface area contributed by atoms with Crippen molar-refractivity contribution < 1.29 is 23.9 Å². The fourth-order valence-electron chi connectivity index (χ4n) is 5.11. The van der Waals surface area contributed by atoms with E-state index in [2.05, 4.69) is 12.1 Å². The van der Waals surface area contributed by atoms with Gasteiger partial charge in [-0.2, -0.15) is 0 Å². The number of aryl methyl sites for hydroxylation is 2. The van der Waals surface area contributed by atoms with Crippen LogP contribution in [0.4, 0.5) is 0 Å². The molecule has 0 N–H and O–H groups in total. The molecule has 3 heterocycles. The molecule has 4 rings (SSSR count). The Kier molecular flexibility index (Phi) is 8.42. The van der Waals surface area contributed by atoms with Crippen molar-refractivity contribution in [3.63, 3.8) is 0 Å². The highest BCUT2D eigenvalue weighted by Gasteiger charge is 2.42. The van der Waals surface area contributed by atoms with E-state index in [9.17, 15) is 14.4 Å². The molecule has 0 aromatic heterocycles. The van der Waals surface area contributed by atoms with E-state index in [1.807, 2.05) is 37.1 Å². The van der Waals surface area contributed by atoms with Crippen LogP contribution in [0.25, 0.3) is 0 Å². The standard InChI is InChI=1S/C28H35N3O5S/c1-6-35-26(33)20-9-8-12-30(15-20)23(32)14-21-16-37-28-29-19(5)24(27(34)36-7-2)25(31(21)28)22-13-17(3)10-11-18(22)4/h10-11,13,16,20,25H,6-9,12,14-15H2,1-5H3/t20-,25+/m1/s1. The van der Waals surface area contributed by atoms with E-state index in [0.717, 1.165) is 40.4 Å². The van der Waals surface area contributed by atoms with Gasteiger partial charge >= 0.3 is 11.9 Å². The number of fused-ring (bicyclic) bond motifs is 1. The molecule has 0 unspecified atom stereocenters. The molecule has 3 aliphatic rings. The number of carbonyl (C=O) groups excluding carboxylic acids is 3. The number of allylic oxidation sites excluding steroid dienone is 1. The lowest BCUT2D eigenvalue weighted by molar-refractivity contribution is -0.151. The third-order valence-corrected chi connectivity index (χ3v) is 7.84. The zero-order valence-corrected chi connectivity index (χ0v) is 23.0. The lowest BCUT2D eigenvalue weighted by Gasteiger charge is -2.38. The molecule has 9 heteroatoms. The van der Waals surface area contributed by atoms with Gasteiger partial charge in [0.05, 0.1) is 42.9 Å². The Morgan fingerprint density at radius 1 is 1.11 bits per heavy atom. The molecule has 0 aliphatic carbocycles. The maximum absolute atomic E-state index is 13.5. The summed E-state index contributed by atoms with van der Waals surface area (Å²) in [5, 5.41) is 2.69. The molecule has 8 nitrogen and oxygen atoms in total. The van der Waals surface area contributed by atoms with Crippen molar-refractivity contribution in [2.75, 3.05) is 26.3 Å². The average molecular weight is 526 g/mol. The summed E-state index contributed by atoms with van der Waals surface area (Å²) in [6, 6.07) is 5.74. The highest BCUT2D eigenvalue weighted by molar-refractivity contribution is 8.16. The minimum atomic E-state index is -0.450. The fraction of sp³-hybridized carbons (Fsp3) is 0.500. The first-order chi connectivity index (χ1) is 17.7. The van der Waals surface area contributed by atoms with E-state index in [0.29, 0.717) is 31.0 Å². The van der Waals surface area contributed by atoms with Gasteiger partial charge in [0.25, 0.3) is 0 Å². The molecule has 0 bridgehead atoms. The topological polar surface area (TPSA) is 88.5 Å². The first-order valence-electron chi connectivity index (χ1n) is 12.9. The van der Waals surface area contributed by atoms with E-state index in [1.54, 1.807) is 18.7 Å². The monoisotopic (exact) mass is 525 g/mol.